The molecule has 0 aromatic rings. The molecule has 19 heteroatoms. The monoisotopic (exact) mass is 1520 g/mol. The van der Waals surface area contributed by atoms with Crippen LogP contribution < -0.4 is 0 Å². The second kappa shape index (κ2) is 75.1. The minimum absolute atomic E-state index is 0.108. The van der Waals surface area contributed by atoms with Crippen LogP contribution in [-0.4, -0.2) is 96.7 Å². The number of ether oxygens (including phenoxy) is 4. The number of carbonyl (C=O) groups excluding carboxylic acids is 4. The van der Waals surface area contributed by atoms with Gasteiger partial charge in [0.2, 0.25) is 0 Å². The summed E-state index contributed by atoms with van der Waals surface area (Å²) in [5.74, 6) is 0.307. The van der Waals surface area contributed by atoms with E-state index in [0.29, 0.717) is 25.7 Å². The minimum atomic E-state index is -4.97. The Morgan fingerprint density at radius 3 is 0.654 bits per heavy atom. The van der Waals surface area contributed by atoms with Gasteiger partial charge in [0.1, 0.15) is 19.3 Å². The maximum Gasteiger partial charge on any atom is 0.472 e. The van der Waals surface area contributed by atoms with Gasteiger partial charge in [0.15, 0.2) is 12.2 Å². The molecule has 2 unspecified atom stereocenters. The molecule has 0 radical (unpaired) electrons. The van der Waals surface area contributed by atoms with E-state index in [9.17, 15) is 43.2 Å². The molecular formula is C85H166O17P2. The fourth-order valence-electron chi connectivity index (χ4n) is 13.2. The van der Waals surface area contributed by atoms with E-state index in [1.807, 2.05) is 0 Å². The molecule has 0 aliphatic heterocycles. The number of esters is 4. The van der Waals surface area contributed by atoms with E-state index >= 15 is 0 Å². The molecule has 0 aromatic carbocycles. The van der Waals surface area contributed by atoms with Crippen LogP contribution in [0.25, 0.3) is 0 Å². The van der Waals surface area contributed by atoms with Gasteiger partial charge in [-0.15, -0.1) is 0 Å². The van der Waals surface area contributed by atoms with Crippen molar-refractivity contribution in [3.63, 3.8) is 0 Å². The molecule has 0 bridgehead atoms. The van der Waals surface area contributed by atoms with Gasteiger partial charge in [0, 0.05) is 25.7 Å². The van der Waals surface area contributed by atoms with Crippen molar-refractivity contribution >= 4 is 39.5 Å². The topological polar surface area (TPSA) is 237 Å². The normalized spacial score (nSPS) is 13.9. The number of aliphatic hydroxyl groups excluding tert-OH is 1. The third kappa shape index (κ3) is 78.2. The molecule has 0 fully saturated rings. The lowest BCUT2D eigenvalue weighted by atomic mass is 10.0. The van der Waals surface area contributed by atoms with Crippen LogP contribution in [0.2, 0.25) is 0 Å². The van der Waals surface area contributed by atoms with E-state index in [-0.39, 0.29) is 25.7 Å². The number of phosphoric ester groups is 2. The molecule has 0 spiro atoms. The quantitative estimate of drug-likeness (QED) is 0.0222. The van der Waals surface area contributed by atoms with Gasteiger partial charge in [-0.2, -0.15) is 0 Å². The average Bonchev–Trinajstić information content (AvgIpc) is 0.903. The summed E-state index contributed by atoms with van der Waals surface area (Å²) in [7, 11) is -9.93. The lowest BCUT2D eigenvalue weighted by Crippen LogP contribution is -2.30. The third-order valence-electron chi connectivity index (χ3n) is 19.9. The van der Waals surface area contributed by atoms with Crippen molar-refractivity contribution in [2.24, 2.45) is 17.8 Å². The Bertz CT molecular complexity index is 2010. The first-order valence-corrected chi connectivity index (χ1v) is 46.8. The van der Waals surface area contributed by atoms with E-state index in [0.717, 1.165) is 108 Å². The first-order chi connectivity index (χ1) is 50.2. The van der Waals surface area contributed by atoms with Gasteiger partial charge >= 0.3 is 39.5 Å². The zero-order valence-corrected chi connectivity index (χ0v) is 70.3. The molecule has 0 rings (SSSR count). The summed E-state index contributed by atoms with van der Waals surface area (Å²) in [5, 5.41) is 10.7. The lowest BCUT2D eigenvalue weighted by Gasteiger charge is -2.21. The average molecular weight is 1520 g/mol. The number of hydrogen-bond acceptors (Lipinski definition) is 15. The molecule has 104 heavy (non-hydrogen) atoms. The van der Waals surface area contributed by atoms with Crippen LogP contribution in [-0.2, 0) is 65.4 Å². The van der Waals surface area contributed by atoms with Crippen molar-refractivity contribution in [1.29, 1.82) is 0 Å². The first kappa shape index (κ1) is 102. The Balaban J connectivity index is 5.23. The Morgan fingerprint density at radius 1 is 0.260 bits per heavy atom. The predicted molar refractivity (Wildman–Crippen MR) is 428 cm³/mol. The summed E-state index contributed by atoms with van der Waals surface area (Å²) in [6, 6.07) is 0. The molecule has 0 saturated carbocycles. The summed E-state index contributed by atoms with van der Waals surface area (Å²) in [5.41, 5.74) is 0. The van der Waals surface area contributed by atoms with Crippen LogP contribution >= 0.6 is 15.6 Å². The highest BCUT2D eigenvalue weighted by molar-refractivity contribution is 7.47. The van der Waals surface area contributed by atoms with Gasteiger partial charge in [-0.05, 0) is 43.4 Å². The van der Waals surface area contributed by atoms with Crippen molar-refractivity contribution in [3.05, 3.63) is 0 Å². The standard InChI is InChI=1S/C85H166O17P2/c1-8-9-10-11-12-13-38-45-52-59-66-82(87)95-72-80(101-84(89)68-61-54-47-40-33-27-21-15-18-24-30-36-43-50-57-64-77(4)5)74-99-103(91,92)97-70-79(86)71-98-104(93,94)100-75-81(102-85(90)69-62-55-48-41-34-28-22-16-19-25-31-37-44-51-58-65-78(6)7)73-96-83(88)67-60-53-46-39-32-26-20-14-17-23-29-35-42-49-56-63-76(2)3/h76-81,86H,8-75H2,1-7H3,(H,91,92)(H,93,94)/t79-,80+,81+/m0/s1. The summed E-state index contributed by atoms with van der Waals surface area (Å²) in [4.78, 5) is 73.2. The molecular weight excluding hydrogens is 1350 g/mol. The van der Waals surface area contributed by atoms with Crippen LogP contribution in [0, 0.1) is 17.8 Å². The zero-order chi connectivity index (χ0) is 76.5. The summed E-state index contributed by atoms with van der Waals surface area (Å²) in [6.07, 6.45) is 65.1. The number of unbranched alkanes of at least 4 members (excludes halogenated alkanes) is 51. The lowest BCUT2D eigenvalue weighted by molar-refractivity contribution is -0.161. The Hall–Kier alpha value is -1.94. The van der Waals surface area contributed by atoms with E-state index in [4.69, 9.17) is 37.0 Å². The summed E-state index contributed by atoms with van der Waals surface area (Å²) in [6.45, 7) is 12.0. The fraction of sp³-hybridized carbons (Fsp3) is 0.953. The predicted octanol–water partition coefficient (Wildman–Crippen LogP) is 25.7. The van der Waals surface area contributed by atoms with Gasteiger partial charge in [-0.1, -0.05) is 395 Å². The molecule has 5 atom stereocenters. The van der Waals surface area contributed by atoms with Crippen molar-refractivity contribution < 1.29 is 80.2 Å². The van der Waals surface area contributed by atoms with Gasteiger partial charge < -0.3 is 33.8 Å². The SMILES string of the molecule is CCCCCCCCCCCCC(=O)OC[C@H](COP(=O)(O)OC[C@H](O)COP(=O)(O)OC[C@@H](COC(=O)CCCCCCCCCCCCCCCCCC(C)C)OC(=O)CCCCCCCCCCCCCCCCCC(C)C)OC(=O)CCCCCCCCCCCCCCCCCC(C)C. The summed E-state index contributed by atoms with van der Waals surface area (Å²) >= 11 is 0. The van der Waals surface area contributed by atoms with Crippen molar-refractivity contribution in [1.82, 2.24) is 0 Å². The van der Waals surface area contributed by atoms with Crippen molar-refractivity contribution in [3.8, 4) is 0 Å². The number of phosphoric acid groups is 2. The maximum absolute atomic E-state index is 13.1. The Kier molecular flexibility index (Phi) is 73.7. The van der Waals surface area contributed by atoms with Gasteiger partial charge in [0.25, 0.3) is 0 Å². The van der Waals surface area contributed by atoms with Crippen molar-refractivity contribution in [2.75, 3.05) is 39.6 Å². The van der Waals surface area contributed by atoms with Gasteiger partial charge in [-0.25, -0.2) is 9.13 Å². The molecule has 3 N–H and O–H groups in total. The van der Waals surface area contributed by atoms with Crippen LogP contribution in [0.3, 0.4) is 0 Å². The Labute approximate surface area is 638 Å². The van der Waals surface area contributed by atoms with E-state index in [1.54, 1.807) is 0 Å². The summed E-state index contributed by atoms with van der Waals surface area (Å²) < 4.78 is 68.9. The largest absolute Gasteiger partial charge is 0.472 e. The van der Waals surface area contributed by atoms with Gasteiger partial charge in [-0.3, -0.25) is 37.3 Å². The number of rotatable bonds is 83. The van der Waals surface area contributed by atoms with Crippen LogP contribution in [0.1, 0.15) is 447 Å². The van der Waals surface area contributed by atoms with E-state index in [2.05, 4.69) is 48.5 Å². The molecule has 0 aliphatic rings. The number of carbonyl (C=O) groups is 4. The maximum atomic E-state index is 13.1. The highest BCUT2D eigenvalue weighted by Gasteiger charge is 2.30. The van der Waals surface area contributed by atoms with Gasteiger partial charge in [0.05, 0.1) is 26.4 Å². The fourth-order valence-corrected chi connectivity index (χ4v) is 14.8. The number of aliphatic hydroxyl groups is 1. The third-order valence-corrected chi connectivity index (χ3v) is 21.8. The second-order valence-corrected chi connectivity index (χ2v) is 34.9. The molecule has 0 aliphatic carbocycles. The molecule has 618 valence electrons. The molecule has 17 nitrogen and oxygen atoms in total. The smallest absolute Gasteiger partial charge is 0.462 e. The van der Waals surface area contributed by atoms with Crippen molar-refractivity contribution in [2.45, 2.75) is 465 Å². The highest BCUT2D eigenvalue weighted by Crippen LogP contribution is 2.45. The van der Waals surface area contributed by atoms with Crippen LogP contribution in [0.4, 0.5) is 0 Å². The van der Waals surface area contributed by atoms with Crippen LogP contribution in [0.5, 0.6) is 0 Å². The van der Waals surface area contributed by atoms with E-state index in [1.165, 1.54) is 257 Å². The second-order valence-electron chi connectivity index (χ2n) is 32.0. The highest BCUT2D eigenvalue weighted by atomic mass is 31.2. The first-order valence-electron chi connectivity index (χ1n) is 43.8. The molecule has 0 amide bonds. The Morgan fingerprint density at radius 2 is 0.442 bits per heavy atom. The van der Waals surface area contributed by atoms with Crippen LogP contribution in [0.15, 0.2) is 0 Å². The molecule has 0 aromatic heterocycles. The number of hydrogen-bond donors (Lipinski definition) is 3. The van der Waals surface area contributed by atoms with E-state index < -0.39 is 97.5 Å². The minimum Gasteiger partial charge on any atom is -0.462 e. The molecule has 0 saturated heterocycles. The molecule has 0 heterocycles. The zero-order valence-electron chi connectivity index (χ0n) is 68.5.